The van der Waals surface area contributed by atoms with Crippen molar-refractivity contribution in [3.63, 3.8) is 0 Å². The van der Waals surface area contributed by atoms with Gasteiger partial charge in [-0.3, -0.25) is 14.7 Å². The molecule has 0 aliphatic carbocycles. The molecule has 1 amide bonds. The van der Waals surface area contributed by atoms with Crippen LogP contribution in [0.1, 0.15) is 35.1 Å². The van der Waals surface area contributed by atoms with E-state index in [9.17, 15) is 9.59 Å². The molecule has 17 heavy (non-hydrogen) atoms. The van der Waals surface area contributed by atoms with Crippen molar-refractivity contribution in [2.45, 2.75) is 27.2 Å². The van der Waals surface area contributed by atoms with E-state index in [0.29, 0.717) is 23.5 Å². The highest BCUT2D eigenvalue weighted by molar-refractivity contribution is 5.97. The van der Waals surface area contributed by atoms with Crippen LogP contribution >= 0.6 is 0 Å². The number of hydrogen-bond donors (Lipinski definition) is 2. The van der Waals surface area contributed by atoms with E-state index >= 15 is 0 Å². The van der Waals surface area contributed by atoms with Crippen LogP contribution in [-0.2, 0) is 4.79 Å². The van der Waals surface area contributed by atoms with Gasteiger partial charge in [-0.25, -0.2) is 0 Å². The molecular formula is C11H17N3O3. The lowest BCUT2D eigenvalue weighted by Gasteiger charge is -2.19. The number of amides is 1. The normalized spacial score (nSPS) is 10.3. The van der Waals surface area contributed by atoms with E-state index in [0.717, 1.165) is 6.42 Å². The quantitative estimate of drug-likeness (QED) is 0.801. The van der Waals surface area contributed by atoms with Crippen molar-refractivity contribution in [3.8, 4) is 0 Å². The maximum Gasteiger partial charge on any atom is 0.323 e. The van der Waals surface area contributed by atoms with Crippen LogP contribution in [0.4, 0.5) is 0 Å². The highest BCUT2D eigenvalue weighted by Crippen LogP contribution is 2.13. The molecule has 0 atom stereocenters. The molecule has 6 nitrogen and oxygen atoms in total. The van der Waals surface area contributed by atoms with Crippen molar-refractivity contribution in [1.82, 2.24) is 15.1 Å². The molecule has 1 aromatic rings. The largest absolute Gasteiger partial charge is 0.480 e. The molecule has 0 fully saturated rings. The molecular weight excluding hydrogens is 222 g/mol. The van der Waals surface area contributed by atoms with Crippen LogP contribution in [0.15, 0.2) is 0 Å². The summed E-state index contributed by atoms with van der Waals surface area (Å²) in [6.45, 7) is 5.52. The minimum Gasteiger partial charge on any atom is -0.480 e. The first kappa shape index (κ1) is 13.2. The van der Waals surface area contributed by atoms with E-state index in [1.54, 1.807) is 13.8 Å². The number of rotatable bonds is 5. The first-order chi connectivity index (χ1) is 7.97. The molecule has 94 valence electrons. The summed E-state index contributed by atoms with van der Waals surface area (Å²) in [5.74, 6) is -1.29. The Bertz CT molecular complexity index is 406. The molecule has 0 aliphatic heterocycles. The van der Waals surface area contributed by atoms with E-state index in [2.05, 4.69) is 10.2 Å². The van der Waals surface area contributed by atoms with Crippen molar-refractivity contribution >= 4 is 11.9 Å². The van der Waals surface area contributed by atoms with Gasteiger partial charge in [-0.15, -0.1) is 0 Å². The van der Waals surface area contributed by atoms with Gasteiger partial charge in [0.25, 0.3) is 5.91 Å². The van der Waals surface area contributed by atoms with Crippen molar-refractivity contribution < 1.29 is 14.7 Å². The maximum atomic E-state index is 12.2. The summed E-state index contributed by atoms with van der Waals surface area (Å²) in [5.41, 5.74) is 1.73. The fraction of sp³-hybridized carbons (Fsp3) is 0.545. The van der Waals surface area contributed by atoms with E-state index in [1.807, 2.05) is 6.92 Å². The van der Waals surface area contributed by atoms with Crippen LogP contribution in [0.25, 0.3) is 0 Å². The zero-order chi connectivity index (χ0) is 13.0. The lowest BCUT2D eigenvalue weighted by molar-refractivity contribution is -0.137. The number of aromatic amines is 1. The third-order valence-corrected chi connectivity index (χ3v) is 2.45. The Kier molecular flexibility index (Phi) is 4.25. The number of H-pyrrole nitrogens is 1. The van der Waals surface area contributed by atoms with E-state index in [-0.39, 0.29) is 12.5 Å². The first-order valence-corrected chi connectivity index (χ1v) is 5.50. The number of hydrogen-bond acceptors (Lipinski definition) is 3. The molecule has 1 heterocycles. The fourth-order valence-corrected chi connectivity index (χ4v) is 1.71. The van der Waals surface area contributed by atoms with Gasteiger partial charge in [-0.05, 0) is 20.3 Å². The van der Waals surface area contributed by atoms with Gasteiger partial charge in [0, 0.05) is 12.2 Å². The van der Waals surface area contributed by atoms with Crippen molar-refractivity contribution in [3.05, 3.63) is 17.0 Å². The second kappa shape index (κ2) is 5.47. The summed E-state index contributed by atoms with van der Waals surface area (Å²) in [7, 11) is 0. The number of aryl methyl sites for hydroxylation is 2. The number of carboxylic acid groups (broad SMARTS) is 1. The molecule has 0 bridgehead atoms. The highest BCUT2D eigenvalue weighted by Gasteiger charge is 2.22. The van der Waals surface area contributed by atoms with Crippen LogP contribution in [0.2, 0.25) is 0 Å². The van der Waals surface area contributed by atoms with Crippen molar-refractivity contribution in [2.24, 2.45) is 0 Å². The number of nitrogens with one attached hydrogen (secondary N) is 1. The third-order valence-electron chi connectivity index (χ3n) is 2.45. The van der Waals surface area contributed by atoms with Gasteiger partial charge in [0.05, 0.1) is 11.3 Å². The van der Waals surface area contributed by atoms with Gasteiger partial charge < -0.3 is 10.0 Å². The summed E-state index contributed by atoms with van der Waals surface area (Å²) in [5, 5.41) is 15.4. The smallest absolute Gasteiger partial charge is 0.323 e. The molecule has 0 saturated carbocycles. The molecule has 0 aliphatic rings. The van der Waals surface area contributed by atoms with E-state index in [4.69, 9.17) is 5.11 Å². The first-order valence-electron chi connectivity index (χ1n) is 5.50. The van der Waals surface area contributed by atoms with Crippen LogP contribution in [0.5, 0.6) is 0 Å². The Hall–Kier alpha value is -1.85. The molecule has 0 aromatic carbocycles. The van der Waals surface area contributed by atoms with Gasteiger partial charge in [0.2, 0.25) is 0 Å². The average Bonchev–Trinajstić information content (AvgIpc) is 2.56. The van der Waals surface area contributed by atoms with E-state index in [1.165, 1.54) is 4.90 Å². The minimum absolute atomic E-state index is 0.280. The molecule has 6 heteroatoms. The molecule has 0 spiro atoms. The van der Waals surface area contributed by atoms with Gasteiger partial charge in [0.1, 0.15) is 6.54 Å². The number of carboxylic acids is 1. The van der Waals surface area contributed by atoms with Gasteiger partial charge in [-0.2, -0.15) is 5.10 Å². The number of aliphatic carboxylic acids is 1. The predicted molar refractivity (Wildman–Crippen MR) is 61.9 cm³/mol. The lowest BCUT2D eigenvalue weighted by Crippen LogP contribution is -2.36. The topological polar surface area (TPSA) is 86.3 Å². The van der Waals surface area contributed by atoms with Crippen LogP contribution in [0.3, 0.4) is 0 Å². The molecule has 2 N–H and O–H groups in total. The number of carbonyl (C=O) groups is 2. The Balaban J connectivity index is 2.95. The monoisotopic (exact) mass is 239 g/mol. The third kappa shape index (κ3) is 3.05. The summed E-state index contributed by atoms with van der Waals surface area (Å²) in [6.07, 6.45) is 0.717. The van der Waals surface area contributed by atoms with Crippen molar-refractivity contribution in [1.29, 1.82) is 0 Å². The second-order valence-electron chi connectivity index (χ2n) is 3.93. The SMILES string of the molecule is CCCN(CC(=O)O)C(=O)c1c(C)n[nH]c1C. The average molecular weight is 239 g/mol. The highest BCUT2D eigenvalue weighted by atomic mass is 16.4. The molecule has 0 radical (unpaired) electrons. The summed E-state index contributed by atoms with van der Waals surface area (Å²) in [6, 6.07) is 0. The van der Waals surface area contributed by atoms with Crippen LogP contribution < -0.4 is 0 Å². The van der Waals surface area contributed by atoms with Gasteiger partial charge >= 0.3 is 5.97 Å². The molecule has 1 aromatic heterocycles. The van der Waals surface area contributed by atoms with Crippen LogP contribution in [-0.4, -0.2) is 45.2 Å². The van der Waals surface area contributed by atoms with Gasteiger partial charge in [0.15, 0.2) is 0 Å². The maximum absolute atomic E-state index is 12.2. The van der Waals surface area contributed by atoms with E-state index < -0.39 is 5.97 Å². The Labute approximate surface area is 99.6 Å². The van der Waals surface area contributed by atoms with Crippen molar-refractivity contribution in [2.75, 3.05) is 13.1 Å². The lowest BCUT2D eigenvalue weighted by atomic mass is 10.1. The minimum atomic E-state index is -1.01. The predicted octanol–water partition coefficient (Wildman–Crippen LogP) is 0.963. The number of nitrogens with zero attached hydrogens (tertiary/aromatic N) is 2. The summed E-state index contributed by atoms with van der Waals surface area (Å²) < 4.78 is 0. The second-order valence-corrected chi connectivity index (χ2v) is 3.93. The molecule has 0 saturated heterocycles. The fourth-order valence-electron chi connectivity index (χ4n) is 1.71. The zero-order valence-electron chi connectivity index (χ0n) is 10.3. The van der Waals surface area contributed by atoms with Crippen LogP contribution in [0, 0.1) is 13.8 Å². The van der Waals surface area contributed by atoms with Gasteiger partial charge in [-0.1, -0.05) is 6.92 Å². The Morgan fingerprint density at radius 2 is 2.06 bits per heavy atom. The zero-order valence-corrected chi connectivity index (χ0v) is 10.3. The molecule has 1 rings (SSSR count). The number of carbonyl (C=O) groups excluding carboxylic acids is 1. The Morgan fingerprint density at radius 3 is 2.47 bits per heavy atom. The Morgan fingerprint density at radius 1 is 1.41 bits per heavy atom. The number of aromatic nitrogens is 2. The standard InChI is InChI=1S/C11H17N3O3/c1-4-5-14(6-9(15)16)11(17)10-7(2)12-13-8(10)3/h4-6H2,1-3H3,(H,12,13)(H,15,16). The summed E-state index contributed by atoms with van der Waals surface area (Å²) >= 11 is 0. The molecule has 0 unspecified atom stereocenters. The summed E-state index contributed by atoms with van der Waals surface area (Å²) in [4.78, 5) is 24.2.